The van der Waals surface area contributed by atoms with E-state index in [1.165, 1.54) is 27.0 Å². The Kier molecular flexibility index (Phi) is 4.22. The van der Waals surface area contributed by atoms with Crippen molar-refractivity contribution in [2.75, 3.05) is 12.9 Å². The molecule has 17 heavy (non-hydrogen) atoms. The minimum atomic E-state index is -3.59. The van der Waals surface area contributed by atoms with E-state index < -0.39 is 15.4 Å². The van der Waals surface area contributed by atoms with E-state index in [0.29, 0.717) is 4.47 Å². The predicted molar refractivity (Wildman–Crippen MR) is 69.0 cm³/mol. The largest absolute Gasteiger partial charge is 0.495 e. The average Bonchev–Trinajstić information content (AvgIpc) is 2.14. The van der Waals surface area contributed by atoms with Crippen LogP contribution in [-0.2, 0) is 9.84 Å². The van der Waals surface area contributed by atoms with Crippen molar-refractivity contribution in [3.63, 3.8) is 0 Å². The Morgan fingerprint density at radius 1 is 1.41 bits per heavy atom. The topological polar surface area (TPSA) is 63.6 Å². The van der Waals surface area contributed by atoms with E-state index in [9.17, 15) is 13.5 Å². The van der Waals surface area contributed by atoms with Crippen LogP contribution in [0.4, 0.5) is 0 Å². The van der Waals surface area contributed by atoms with E-state index in [1.807, 2.05) is 0 Å². The molecule has 96 valence electrons. The van der Waals surface area contributed by atoms with Crippen molar-refractivity contribution < 1.29 is 18.3 Å². The Morgan fingerprint density at radius 2 is 2.00 bits per heavy atom. The van der Waals surface area contributed by atoms with Gasteiger partial charge in [0.05, 0.1) is 18.5 Å². The molecule has 0 amide bonds. The van der Waals surface area contributed by atoms with Crippen LogP contribution >= 0.6 is 15.9 Å². The van der Waals surface area contributed by atoms with E-state index >= 15 is 0 Å². The Morgan fingerprint density at radius 3 is 2.47 bits per heavy atom. The number of rotatable bonds is 4. The Bertz CT molecular complexity index is 503. The minimum Gasteiger partial charge on any atom is -0.495 e. The van der Waals surface area contributed by atoms with Crippen molar-refractivity contribution in [3.8, 4) is 5.75 Å². The Labute approximate surface area is 110 Å². The maximum absolute atomic E-state index is 12.1. The Balaban J connectivity index is 3.28. The van der Waals surface area contributed by atoms with Crippen molar-refractivity contribution >= 4 is 25.8 Å². The van der Waals surface area contributed by atoms with Crippen molar-refractivity contribution in [1.29, 1.82) is 0 Å². The number of hydrogen-bond donors (Lipinski definition) is 1. The van der Waals surface area contributed by atoms with E-state index in [1.54, 1.807) is 12.1 Å². The SMILES string of the molecule is COc1ccc(Br)cc1S(=O)(=O)CC(C)(C)O. The number of ether oxygens (including phenoxy) is 1. The summed E-state index contributed by atoms with van der Waals surface area (Å²) in [5, 5.41) is 9.62. The van der Waals surface area contributed by atoms with Crippen LogP contribution in [-0.4, -0.2) is 32.0 Å². The van der Waals surface area contributed by atoms with Crippen LogP contribution in [0.5, 0.6) is 5.75 Å². The summed E-state index contributed by atoms with van der Waals surface area (Å²) in [6, 6.07) is 4.74. The van der Waals surface area contributed by atoms with Crippen LogP contribution in [0.3, 0.4) is 0 Å². The van der Waals surface area contributed by atoms with E-state index in [2.05, 4.69) is 15.9 Å². The molecule has 0 aromatic heterocycles. The lowest BCUT2D eigenvalue weighted by molar-refractivity contribution is 0.105. The molecule has 6 heteroatoms. The summed E-state index contributed by atoms with van der Waals surface area (Å²) in [6.07, 6.45) is 0. The number of methoxy groups -OCH3 is 1. The first-order valence-corrected chi connectivity index (χ1v) is 7.39. The van der Waals surface area contributed by atoms with Gasteiger partial charge >= 0.3 is 0 Å². The molecule has 0 atom stereocenters. The van der Waals surface area contributed by atoms with Crippen LogP contribution in [0.1, 0.15) is 13.8 Å². The first kappa shape index (κ1) is 14.5. The third-order valence-electron chi connectivity index (χ3n) is 2.00. The summed E-state index contributed by atoms with van der Waals surface area (Å²) in [5.74, 6) is -0.0789. The lowest BCUT2D eigenvalue weighted by Crippen LogP contribution is -2.30. The number of hydrogen-bond acceptors (Lipinski definition) is 4. The highest BCUT2D eigenvalue weighted by Crippen LogP contribution is 2.29. The average molecular weight is 323 g/mol. The highest BCUT2D eigenvalue weighted by molar-refractivity contribution is 9.10. The van der Waals surface area contributed by atoms with Gasteiger partial charge < -0.3 is 9.84 Å². The fourth-order valence-electron chi connectivity index (χ4n) is 1.44. The summed E-state index contributed by atoms with van der Waals surface area (Å²) in [4.78, 5) is 0.0801. The predicted octanol–water partition coefficient (Wildman–Crippen LogP) is 2.00. The first-order chi connectivity index (χ1) is 7.65. The van der Waals surface area contributed by atoms with Crippen molar-refractivity contribution in [2.24, 2.45) is 0 Å². The first-order valence-electron chi connectivity index (χ1n) is 4.94. The van der Waals surface area contributed by atoms with Crippen molar-refractivity contribution in [2.45, 2.75) is 24.3 Å². The van der Waals surface area contributed by atoms with Gasteiger partial charge in [-0.3, -0.25) is 0 Å². The van der Waals surface area contributed by atoms with Gasteiger partial charge in [0, 0.05) is 4.47 Å². The summed E-state index contributed by atoms with van der Waals surface area (Å²) < 4.78 is 29.9. The molecule has 0 aliphatic heterocycles. The monoisotopic (exact) mass is 322 g/mol. The van der Waals surface area contributed by atoms with Gasteiger partial charge in [-0.05, 0) is 32.0 Å². The molecule has 0 bridgehead atoms. The lowest BCUT2D eigenvalue weighted by Gasteiger charge is -2.18. The van der Waals surface area contributed by atoms with Gasteiger partial charge in [0.25, 0.3) is 0 Å². The zero-order valence-electron chi connectivity index (χ0n) is 9.90. The molecular weight excluding hydrogens is 308 g/mol. The smallest absolute Gasteiger partial charge is 0.184 e. The summed E-state index contributed by atoms with van der Waals surface area (Å²) in [7, 11) is -2.18. The van der Waals surface area contributed by atoms with Crippen LogP contribution in [0, 0.1) is 0 Å². The highest BCUT2D eigenvalue weighted by atomic mass is 79.9. The van der Waals surface area contributed by atoms with Crippen LogP contribution < -0.4 is 4.74 Å². The third-order valence-corrected chi connectivity index (χ3v) is 4.57. The van der Waals surface area contributed by atoms with Crippen LogP contribution in [0.15, 0.2) is 27.6 Å². The maximum atomic E-state index is 12.1. The molecule has 0 heterocycles. The molecule has 0 saturated carbocycles. The van der Waals surface area contributed by atoms with Gasteiger partial charge in [0.15, 0.2) is 9.84 Å². The van der Waals surface area contributed by atoms with Gasteiger partial charge in [-0.2, -0.15) is 0 Å². The van der Waals surface area contributed by atoms with Crippen molar-refractivity contribution in [1.82, 2.24) is 0 Å². The maximum Gasteiger partial charge on any atom is 0.184 e. The molecule has 0 radical (unpaired) electrons. The zero-order chi connectivity index (χ0) is 13.3. The second-order valence-electron chi connectivity index (χ2n) is 4.37. The molecule has 0 spiro atoms. The quantitative estimate of drug-likeness (QED) is 0.920. The van der Waals surface area contributed by atoms with Gasteiger partial charge in [0.2, 0.25) is 0 Å². The normalized spacial score (nSPS) is 12.5. The van der Waals surface area contributed by atoms with Crippen molar-refractivity contribution in [3.05, 3.63) is 22.7 Å². The molecule has 0 saturated heterocycles. The standard InChI is InChI=1S/C11H15BrO4S/c1-11(2,13)7-17(14,15)10-6-8(12)4-5-9(10)16-3/h4-6,13H,7H2,1-3H3. The highest BCUT2D eigenvalue weighted by Gasteiger charge is 2.27. The number of sulfone groups is 1. The second kappa shape index (κ2) is 4.96. The zero-order valence-corrected chi connectivity index (χ0v) is 12.3. The Hall–Kier alpha value is -0.590. The van der Waals surface area contributed by atoms with E-state index in [4.69, 9.17) is 4.74 Å². The van der Waals surface area contributed by atoms with Gasteiger partial charge in [0.1, 0.15) is 10.6 Å². The summed E-state index contributed by atoms with van der Waals surface area (Å²) in [5.41, 5.74) is -1.29. The molecule has 0 unspecified atom stereocenters. The van der Waals surface area contributed by atoms with E-state index in [-0.39, 0.29) is 16.4 Å². The molecule has 0 aliphatic rings. The summed E-state index contributed by atoms with van der Waals surface area (Å²) >= 11 is 3.22. The number of aliphatic hydroxyl groups is 1. The van der Waals surface area contributed by atoms with Crippen LogP contribution in [0.25, 0.3) is 0 Å². The van der Waals surface area contributed by atoms with Gasteiger partial charge in [-0.25, -0.2) is 8.42 Å². The van der Waals surface area contributed by atoms with E-state index in [0.717, 1.165) is 0 Å². The summed E-state index contributed by atoms with van der Waals surface area (Å²) in [6.45, 7) is 2.91. The molecular formula is C11H15BrO4S. The lowest BCUT2D eigenvalue weighted by atomic mass is 10.2. The number of benzene rings is 1. The molecule has 1 N–H and O–H groups in total. The fourth-order valence-corrected chi connectivity index (χ4v) is 3.80. The number of halogens is 1. The molecule has 1 aromatic rings. The molecule has 4 nitrogen and oxygen atoms in total. The fraction of sp³-hybridized carbons (Fsp3) is 0.455. The molecule has 0 aliphatic carbocycles. The van der Waals surface area contributed by atoms with Gasteiger partial charge in [-0.1, -0.05) is 15.9 Å². The van der Waals surface area contributed by atoms with Crippen LogP contribution in [0.2, 0.25) is 0 Å². The molecule has 1 rings (SSSR count). The van der Waals surface area contributed by atoms with Gasteiger partial charge in [-0.15, -0.1) is 0 Å². The molecule has 1 aromatic carbocycles. The third kappa shape index (κ3) is 3.97. The second-order valence-corrected chi connectivity index (χ2v) is 7.24. The minimum absolute atomic E-state index is 0.0801. The molecule has 0 fully saturated rings.